The van der Waals surface area contributed by atoms with Crippen LogP contribution in [0, 0.1) is 3.57 Å². The minimum absolute atomic E-state index is 0.348. The maximum Gasteiger partial charge on any atom is 0.0776 e. The molecule has 0 amide bonds. The Morgan fingerprint density at radius 3 is 2.57 bits per heavy atom. The Balaban J connectivity index is 2.34. The number of halogens is 1. The highest BCUT2D eigenvalue weighted by molar-refractivity contribution is 14.1. The molecule has 78 valence electrons. The van der Waals surface area contributed by atoms with E-state index in [1.807, 2.05) is 0 Å². The van der Waals surface area contributed by atoms with Gasteiger partial charge >= 0.3 is 0 Å². The molecule has 0 heterocycles. The SMILES string of the molecule is COCC(O)CCc1ccc(I)cc1. The van der Waals surface area contributed by atoms with Crippen molar-refractivity contribution in [3.05, 3.63) is 33.4 Å². The molecule has 0 spiro atoms. The number of aryl methyl sites for hydroxylation is 1. The molecule has 0 fully saturated rings. The number of hydrogen-bond donors (Lipinski definition) is 1. The van der Waals surface area contributed by atoms with Crippen molar-refractivity contribution in [1.82, 2.24) is 0 Å². The van der Waals surface area contributed by atoms with E-state index >= 15 is 0 Å². The quantitative estimate of drug-likeness (QED) is 0.845. The van der Waals surface area contributed by atoms with Crippen LogP contribution in [0.25, 0.3) is 0 Å². The number of aliphatic hydroxyl groups excluding tert-OH is 1. The summed E-state index contributed by atoms with van der Waals surface area (Å²) in [6, 6.07) is 8.36. The Morgan fingerprint density at radius 2 is 2.00 bits per heavy atom. The van der Waals surface area contributed by atoms with E-state index in [9.17, 15) is 5.11 Å². The second-order valence-corrected chi connectivity index (χ2v) is 4.52. The van der Waals surface area contributed by atoms with Crippen LogP contribution in [0.15, 0.2) is 24.3 Å². The maximum absolute atomic E-state index is 9.44. The van der Waals surface area contributed by atoms with Gasteiger partial charge < -0.3 is 9.84 Å². The summed E-state index contributed by atoms with van der Waals surface area (Å²) in [6.07, 6.45) is 1.31. The Bertz CT molecular complexity index is 258. The molecule has 14 heavy (non-hydrogen) atoms. The highest BCUT2D eigenvalue weighted by Gasteiger charge is 2.03. The van der Waals surface area contributed by atoms with Crippen molar-refractivity contribution in [2.45, 2.75) is 18.9 Å². The zero-order valence-electron chi connectivity index (χ0n) is 8.24. The van der Waals surface area contributed by atoms with Gasteiger partial charge in [0, 0.05) is 10.7 Å². The molecule has 1 aromatic carbocycles. The van der Waals surface area contributed by atoms with Crippen LogP contribution >= 0.6 is 22.6 Å². The molecular formula is C11H15IO2. The highest BCUT2D eigenvalue weighted by Crippen LogP contribution is 2.09. The van der Waals surface area contributed by atoms with E-state index in [-0.39, 0.29) is 6.10 Å². The van der Waals surface area contributed by atoms with Gasteiger partial charge in [0.05, 0.1) is 12.7 Å². The number of methoxy groups -OCH3 is 1. The lowest BCUT2D eigenvalue weighted by Gasteiger charge is -2.08. The van der Waals surface area contributed by atoms with Crippen molar-refractivity contribution in [2.75, 3.05) is 13.7 Å². The summed E-state index contributed by atoms with van der Waals surface area (Å²) in [5, 5.41) is 9.44. The largest absolute Gasteiger partial charge is 0.391 e. The summed E-state index contributed by atoms with van der Waals surface area (Å²) in [5.74, 6) is 0. The molecule has 0 aliphatic carbocycles. The average molecular weight is 306 g/mol. The normalized spacial score (nSPS) is 12.8. The molecule has 0 aromatic heterocycles. The molecule has 3 heteroatoms. The van der Waals surface area contributed by atoms with Crippen molar-refractivity contribution in [1.29, 1.82) is 0 Å². The topological polar surface area (TPSA) is 29.5 Å². The third-order valence-corrected chi connectivity index (χ3v) is 2.76. The van der Waals surface area contributed by atoms with Crippen molar-refractivity contribution in [3.8, 4) is 0 Å². The van der Waals surface area contributed by atoms with Crippen LogP contribution in [0.1, 0.15) is 12.0 Å². The lowest BCUT2D eigenvalue weighted by atomic mass is 10.1. The molecule has 0 radical (unpaired) electrons. The minimum atomic E-state index is -0.348. The molecule has 1 atom stereocenters. The Labute approximate surface area is 98.4 Å². The predicted octanol–water partition coefficient (Wildman–Crippen LogP) is 2.23. The highest BCUT2D eigenvalue weighted by atomic mass is 127. The molecule has 0 saturated heterocycles. The molecule has 0 aliphatic rings. The van der Waals surface area contributed by atoms with Crippen LogP contribution in [0.5, 0.6) is 0 Å². The van der Waals surface area contributed by atoms with Crippen LogP contribution in [-0.4, -0.2) is 24.9 Å². The van der Waals surface area contributed by atoms with Gasteiger partial charge in [-0.1, -0.05) is 12.1 Å². The molecule has 1 rings (SSSR count). The van der Waals surface area contributed by atoms with E-state index in [0.29, 0.717) is 6.61 Å². The smallest absolute Gasteiger partial charge is 0.0776 e. The number of aliphatic hydroxyl groups is 1. The lowest BCUT2D eigenvalue weighted by molar-refractivity contribution is 0.0595. The zero-order valence-corrected chi connectivity index (χ0v) is 10.4. The van der Waals surface area contributed by atoms with Gasteiger partial charge in [-0.2, -0.15) is 0 Å². The van der Waals surface area contributed by atoms with Gasteiger partial charge in [0.1, 0.15) is 0 Å². The van der Waals surface area contributed by atoms with Crippen LogP contribution < -0.4 is 0 Å². The van der Waals surface area contributed by atoms with Gasteiger partial charge in [-0.3, -0.25) is 0 Å². The van der Waals surface area contributed by atoms with E-state index in [0.717, 1.165) is 12.8 Å². The number of hydrogen-bond acceptors (Lipinski definition) is 2. The zero-order chi connectivity index (χ0) is 10.4. The molecule has 0 bridgehead atoms. The first-order valence-corrected chi connectivity index (χ1v) is 5.71. The monoisotopic (exact) mass is 306 g/mol. The van der Waals surface area contributed by atoms with Crippen molar-refractivity contribution < 1.29 is 9.84 Å². The molecular weight excluding hydrogens is 291 g/mol. The van der Waals surface area contributed by atoms with E-state index < -0.39 is 0 Å². The van der Waals surface area contributed by atoms with Gasteiger partial charge in [0.25, 0.3) is 0 Å². The molecule has 0 aliphatic heterocycles. The number of rotatable bonds is 5. The maximum atomic E-state index is 9.44. The fraction of sp³-hybridized carbons (Fsp3) is 0.455. The third-order valence-electron chi connectivity index (χ3n) is 2.04. The van der Waals surface area contributed by atoms with Crippen LogP contribution in [0.2, 0.25) is 0 Å². The summed E-state index contributed by atoms with van der Waals surface area (Å²) >= 11 is 2.28. The van der Waals surface area contributed by atoms with Crippen molar-refractivity contribution >= 4 is 22.6 Å². The fourth-order valence-corrected chi connectivity index (χ4v) is 1.62. The molecule has 1 aromatic rings. The first kappa shape index (κ1) is 11.9. The van der Waals surface area contributed by atoms with Crippen molar-refractivity contribution in [3.63, 3.8) is 0 Å². The first-order valence-electron chi connectivity index (χ1n) is 4.64. The number of ether oxygens (including phenoxy) is 1. The van der Waals surface area contributed by atoms with E-state index in [1.165, 1.54) is 9.13 Å². The second kappa shape index (κ2) is 6.37. The average Bonchev–Trinajstić information content (AvgIpc) is 2.17. The van der Waals surface area contributed by atoms with Gasteiger partial charge in [-0.25, -0.2) is 0 Å². The van der Waals surface area contributed by atoms with E-state index in [4.69, 9.17) is 4.74 Å². The molecule has 1 unspecified atom stereocenters. The molecule has 0 saturated carbocycles. The first-order chi connectivity index (χ1) is 6.72. The molecule has 2 nitrogen and oxygen atoms in total. The Kier molecular flexibility index (Phi) is 5.44. The van der Waals surface area contributed by atoms with Gasteiger partial charge in [-0.15, -0.1) is 0 Å². The Morgan fingerprint density at radius 1 is 1.36 bits per heavy atom. The number of benzene rings is 1. The fourth-order valence-electron chi connectivity index (χ4n) is 1.26. The third kappa shape index (κ3) is 4.39. The summed E-state index contributed by atoms with van der Waals surface area (Å²) < 4.78 is 6.10. The molecule has 1 N–H and O–H groups in total. The van der Waals surface area contributed by atoms with Gasteiger partial charge in [0.15, 0.2) is 0 Å². The van der Waals surface area contributed by atoms with E-state index in [1.54, 1.807) is 7.11 Å². The second-order valence-electron chi connectivity index (χ2n) is 3.27. The summed E-state index contributed by atoms with van der Waals surface area (Å²) in [5.41, 5.74) is 1.26. The summed E-state index contributed by atoms with van der Waals surface area (Å²) in [6.45, 7) is 0.421. The minimum Gasteiger partial charge on any atom is -0.391 e. The summed E-state index contributed by atoms with van der Waals surface area (Å²) in [4.78, 5) is 0. The van der Waals surface area contributed by atoms with E-state index in [2.05, 4.69) is 46.9 Å². The van der Waals surface area contributed by atoms with Crippen molar-refractivity contribution in [2.24, 2.45) is 0 Å². The standard InChI is InChI=1S/C11H15IO2/c1-14-8-11(13)7-4-9-2-5-10(12)6-3-9/h2-3,5-6,11,13H,4,7-8H2,1H3. The predicted molar refractivity (Wildman–Crippen MR) is 65.4 cm³/mol. The van der Waals surface area contributed by atoms with Crippen LogP contribution in [0.4, 0.5) is 0 Å². The lowest BCUT2D eigenvalue weighted by Crippen LogP contribution is -2.14. The Hall–Kier alpha value is -0.130. The van der Waals surface area contributed by atoms with Gasteiger partial charge in [0.2, 0.25) is 0 Å². The van der Waals surface area contributed by atoms with Crippen LogP contribution in [0.3, 0.4) is 0 Å². The van der Waals surface area contributed by atoms with Gasteiger partial charge in [-0.05, 0) is 53.1 Å². The summed E-state index contributed by atoms with van der Waals surface area (Å²) in [7, 11) is 1.61. The van der Waals surface area contributed by atoms with Crippen LogP contribution in [-0.2, 0) is 11.2 Å².